The molecule has 9 heteroatoms. The highest BCUT2D eigenvalue weighted by atomic mass is 31.2. The van der Waals surface area contributed by atoms with E-state index in [0.717, 1.165) is 38.5 Å². The molecule has 0 aliphatic heterocycles. The fourth-order valence-electron chi connectivity index (χ4n) is 7.16. The molecule has 0 rings (SSSR count). The maximum absolute atomic E-state index is 12.7. The molecule has 0 heterocycles. The van der Waals surface area contributed by atoms with E-state index in [1.165, 1.54) is 180 Å². The Balaban J connectivity index is 4.16. The molecule has 8 nitrogen and oxygen atoms in total. The fraction of sp³-hybridized carbons (Fsp3) is 0.900. The summed E-state index contributed by atoms with van der Waals surface area (Å²) in [5, 5.41) is 0. The number of carbonyl (C=O) groups excluding carboxylic acids is 1. The van der Waals surface area contributed by atoms with Gasteiger partial charge >= 0.3 is 13.8 Å². The maximum Gasteiger partial charge on any atom is 0.472 e. The van der Waals surface area contributed by atoms with Crippen molar-refractivity contribution in [3.05, 3.63) is 24.5 Å². The predicted molar refractivity (Wildman–Crippen MR) is 252 cm³/mol. The predicted octanol–water partition coefficient (Wildman–Crippen LogP) is 15.5. The Bertz CT molecular complexity index is 998. The molecule has 0 saturated carbocycles. The van der Waals surface area contributed by atoms with Crippen molar-refractivity contribution >= 4 is 13.8 Å². The highest BCUT2D eigenvalue weighted by Crippen LogP contribution is 2.43. The second-order valence-corrected chi connectivity index (χ2v) is 19.7. The largest absolute Gasteiger partial charge is 0.498 e. The Morgan fingerprint density at radius 3 is 1.31 bits per heavy atom. The number of hydrogen-bond acceptors (Lipinski definition) is 6. The van der Waals surface area contributed by atoms with Gasteiger partial charge in [0.25, 0.3) is 0 Å². The highest BCUT2D eigenvalue weighted by molar-refractivity contribution is 7.47. The van der Waals surface area contributed by atoms with E-state index in [1.54, 1.807) is 6.26 Å². The molecule has 350 valence electrons. The lowest BCUT2D eigenvalue weighted by Crippen LogP contribution is -2.37. The smallest absolute Gasteiger partial charge is 0.472 e. The summed E-state index contributed by atoms with van der Waals surface area (Å²) in [5.41, 5.74) is 0. The van der Waals surface area contributed by atoms with Crippen LogP contribution in [0, 0.1) is 0 Å². The van der Waals surface area contributed by atoms with Gasteiger partial charge in [-0.05, 0) is 51.0 Å². The van der Waals surface area contributed by atoms with E-state index < -0.39 is 13.9 Å². The third-order valence-corrected chi connectivity index (χ3v) is 12.1. The standard InChI is InChI=1S/C50H98NO7P/c1-6-8-10-12-14-16-18-20-22-24-25-26-27-28-29-31-33-35-37-39-41-43-50(52)58-49(48-57-59(53,54)56-46-44-51(3,4)5)47-55-45-42-40-38-36-34-32-30-23-21-19-17-15-13-11-9-7-2/h21,23,42,45,49H,6-20,22,24-41,43-44,46-48H2,1-5H3/p+1/b23-21-,45-42-/t49-/m1/s1. The number of ether oxygens (including phenoxy) is 2. The molecule has 1 N–H and O–H groups in total. The summed E-state index contributed by atoms with van der Waals surface area (Å²) >= 11 is 0. The molecule has 0 aromatic carbocycles. The molecule has 0 aliphatic carbocycles. The summed E-state index contributed by atoms with van der Waals surface area (Å²) in [7, 11) is 1.64. The van der Waals surface area contributed by atoms with Gasteiger partial charge in [0, 0.05) is 6.42 Å². The Hall–Kier alpha value is -1.18. The van der Waals surface area contributed by atoms with E-state index in [1.807, 2.05) is 27.2 Å². The van der Waals surface area contributed by atoms with Crippen LogP contribution in [0.3, 0.4) is 0 Å². The van der Waals surface area contributed by atoms with E-state index in [4.69, 9.17) is 18.5 Å². The molecule has 2 atom stereocenters. The topological polar surface area (TPSA) is 91.3 Å². The lowest BCUT2D eigenvalue weighted by atomic mass is 10.0. The monoisotopic (exact) mass is 857 g/mol. The van der Waals surface area contributed by atoms with Crippen molar-refractivity contribution in [3.63, 3.8) is 0 Å². The number of unbranched alkanes of at least 4 members (excludes halogenated alkanes) is 31. The summed E-state index contributed by atoms with van der Waals surface area (Å²) < 4.78 is 34.9. The Morgan fingerprint density at radius 1 is 0.525 bits per heavy atom. The number of quaternary nitrogens is 1. The fourth-order valence-corrected chi connectivity index (χ4v) is 7.90. The molecular formula is C50H99NO7P+. The van der Waals surface area contributed by atoms with Crippen molar-refractivity contribution in [1.82, 2.24) is 0 Å². The molecule has 0 aliphatic rings. The molecule has 0 bridgehead atoms. The first kappa shape index (κ1) is 57.8. The second-order valence-electron chi connectivity index (χ2n) is 18.3. The van der Waals surface area contributed by atoms with Crippen molar-refractivity contribution in [3.8, 4) is 0 Å². The SMILES string of the molecule is CCCCCCCC/C=C\CCCCCC/C=C\OC[C@H](COP(=O)(O)OCC[N+](C)(C)C)OC(=O)CCCCCCCCCCCCCCCCCCCCCCC. The highest BCUT2D eigenvalue weighted by Gasteiger charge is 2.26. The van der Waals surface area contributed by atoms with Crippen molar-refractivity contribution in [2.24, 2.45) is 0 Å². The second kappa shape index (κ2) is 43.5. The normalized spacial score (nSPS) is 13.7. The van der Waals surface area contributed by atoms with Gasteiger partial charge in [-0.1, -0.05) is 199 Å². The van der Waals surface area contributed by atoms with Crippen LogP contribution in [0.15, 0.2) is 24.5 Å². The average molecular weight is 857 g/mol. The van der Waals surface area contributed by atoms with Crippen LogP contribution in [0.25, 0.3) is 0 Å². The lowest BCUT2D eigenvalue weighted by molar-refractivity contribution is -0.870. The van der Waals surface area contributed by atoms with Crippen molar-refractivity contribution in [2.45, 2.75) is 245 Å². The van der Waals surface area contributed by atoms with E-state index >= 15 is 0 Å². The summed E-state index contributed by atoms with van der Waals surface area (Å²) in [6.45, 7) is 4.96. The maximum atomic E-state index is 12.7. The number of nitrogens with zero attached hydrogens (tertiary/aromatic N) is 1. The van der Waals surface area contributed by atoms with Crippen LogP contribution in [0.2, 0.25) is 0 Å². The number of esters is 1. The first-order valence-corrected chi connectivity index (χ1v) is 26.6. The number of carbonyl (C=O) groups is 1. The third kappa shape index (κ3) is 47.7. The zero-order chi connectivity index (χ0) is 43.4. The number of hydrogen-bond donors (Lipinski definition) is 1. The van der Waals surface area contributed by atoms with Crippen LogP contribution < -0.4 is 0 Å². The minimum Gasteiger partial charge on any atom is -0.498 e. The van der Waals surface area contributed by atoms with Gasteiger partial charge in [0.15, 0.2) is 6.10 Å². The molecule has 0 aromatic rings. The van der Waals surface area contributed by atoms with Crippen LogP contribution in [-0.2, 0) is 27.9 Å². The van der Waals surface area contributed by atoms with Crippen LogP contribution in [-0.4, -0.2) is 69.0 Å². The van der Waals surface area contributed by atoms with Crippen molar-refractivity contribution in [2.75, 3.05) is 47.5 Å². The summed E-state index contributed by atoms with van der Waals surface area (Å²) in [6.07, 6.45) is 51.7. The molecule has 0 fully saturated rings. The van der Waals surface area contributed by atoms with Crippen LogP contribution >= 0.6 is 7.82 Å². The van der Waals surface area contributed by atoms with Gasteiger partial charge < -0.3 is 18.9 Å². The lowest BCUT2D eigenvalue weighted by Gasteiger charge is -2.24. The van der Waals surface area contributed by atoms with E-state index in [9.17, 15) is 14.3 Å². The Kier molecular flexibility index (Phi) is 42.6. The van der Waals surface area contributed by atoms with Gasteiger partial charge in [0.1, 0.15) is 19.8 Å². The molecular weight excluding hydrogens is 758 g/mol. The van der Waals surface area contributed by atoms with Gasteiger partial charge in [-0.2, -0.15) is 0 Å². The molecule has 0 spiro atoms. The van der Waals surface area contributed by atoms with Crippen LogP contribution in [0.5, 0.6) is 0 Å². The quantitative estimate of drug-likeness (QED) is 0.0163. The Labute approximate surface area is 366 Å². The summed E-state index contributed by atoms with van der Waals surface area (Å²) in [6, 6.07) is 0. The van der Waals surface area contributed by atoms with Gasteiger partial charge in [0.05, 0.1) is 34.0 Å². The number of phosphoric ester groups is 1. The van der Waals surface area contributed by atoms with Gasteiger partial charge in [0.2, 0.25) is 0 Å². The van der Waals surface area contributed by atoms with Gasteiger partial charge in [-0.15, -0.1) is 0 Å². The molecule has 0 radical (unpaired) electrons. The number of rotatable bonds is 47. The molecule has 0 saturated heterocycles. The van der Waals surface area contributed by atoms with Gasteiger partial charge in [-0.25, -0.2) is 4.57 Å². The summed E-state index contributed by atoms with van der Waals surface area (Å²) in [4.78, 5) is 22.9. The molecule has 59 heavy (non-hydrogen) atoms. The van der Waals surface area contributed by atoms with Crippen LogP contribution in [0.1, 0.15) is 239 Å². The summed E-state index contributed by atoms with van der Waals surface area (Å²) in [5.74, 6) is -0.333. The third-order valence-electron chi connectivity index (χ3n) is 11.1. The van der Waals surface area contributed by atoms with Crippen LogP contribution in [0.4, 0.5) is 0 Å². The van der Waals surface area contributed by atoms with E-state index in [0.29, 0.717) is 17.4 Å². The number of likely N-dealkylation sites (N-methyl/N-ethyl adjacent to an activating group) is 1. The minimum absolute atomic E-state index is 0.0471. The first-order valence-electron chi connectivity index (χ1n) is 25.1. The number of allylic oxidation sites excluding steroid dienone is 3. The zero-order valence-corrected chi connectivity index (χ0v) is 40.6. The van der Waals surface area contributed by atoms with Gasteiger partial charge in [-0.3, -0.25) is 13.8 Å². The molecule has 0 amide bonds. The number of phosphoric acid groups is 1. The Morgan fingerprint density at radius 2 is 0.898 bits per heavy atom. The first-order chi connectivity index (χ1) is 28.6. The van der Waals surface area contributed by atoms with Crippen molar-refractivity contribution in [1.29, 1.82) is 0 Å². The zero-order valence-electron chi connectivity index (χ0n) is 39.8. The van der Waals surface area contributed by atoms with E-state index in [2.05, 4.69) is 26.0 Å². The van der Waals surface area contributed by atoms with Crippen molar-refractivity contribution < 1.29 is 37.3 Å². The molecule has 1 unspecified atom stereocenters. The van der Waals surface area contributed by atoms with E-state index in [-0.39, 0.29) is 25.8 Å². The molecule has 0 aromatic heterocycles. The average Bonchev–Trinajstić information content (AvgIpc) is 3.19. The minimum atomic E-state index is -4.29.